The van der Waals surface area contributed by atoms with E-state index in [0.717, 1.165) is 16.5 Å². The molecule has 0 aliphatic heterocycles. The van der Waals surface area contributed by atoms with Crippen LogP contribution in [-0.2, 0) is 0 Å². The Morgan fingerprint density at radius 2 is 1.95 bits per heavy atom. The third-order valence-corrected chi connectivity index (χ3v) is 4.48. The molecule has 4 heteroatoms. The molecule has 0 saturated carbocycles. The highest BCUT2D eigenvalue weighted by Crippen LogP contribution is 2.27. The van der Waals surface area contributed by atoms with Gasteiger partial charge in [-0.25, -0.2) is 0 Å². The van der Waals surface area contributed by atoms with Crippen LogP contribution < -0.4 is 10.1 Å². The van der Waals surface area contributed by atoms with Crippen LogP contribution >= 0.6 is 23.4 Å². The van der Waals surface area contributed by atoms with Crippen LogP contribution in [0.1, 0.15) is 18.5 Å². The second-order valence-corrected chi connectivity index (χ2v) is 6.14. The maximum atomic E-state index is 6.02. The lowest BCUT2D eigenvalue weighted by Gasteiger charge is -2.17. The third-order valence-electron chi connectivity index (χ3n) is 3.15. The molecular formula is C17H20ClNOS. The summed E-state index contributed by atoms with van der Waals surface area (Å²) < 4.78 is 5.48. The van der Waals surface area contributed by atoms with E-state index in [2.05, 4.69) is 23.5 Å². The van der Waals surface area contributed by atoms with Gasteiger partial charge in [0, 0.05) is 21.7 Å². The first-order valence-corrected chi connectivity index (χ1v) is 8.37. The fourth-order valence-corrected chi connectivity index (χ4v) is 3.40. The number of ether oxygens (including phenoxy) is 1. The number of benzene rings is 2. The van der Waals surface area contributed by atoms with E-state index in [1.54, 1.807) is 11.8 Å². The monoisotopic (exact) mass is 321 g/mol. The normalized spacial score (nSPS) is 12.1. The molecule has 2 rings (SSSR count). The summed E-state index contributed by atoms with van der Waals surface area (Å²) in [7, 11) is 1.99. The number of halogens is 1. The van der Waals surface area contributed by atoms with E-state index in [-0.39, 0.29) is 0 Å². The van der Waals surface area contributed by atoms with E-state index < -0.39 is 0 Å². The van der Waals surface area contributed by atoms with E-state index in [1.165, 1.54) is 10.5 Å². The van der Waals surface area contributed by atoms with Gasteiger partial charge in [-0.2, -0.15) is 0 Å². The average molecular weight is 322 g/mol. The maximum Gasteiger partial charge on any atom is 0.119 e. The van der Waals surface area contributed by atoms with Crippen molar-refractivity contribution in [2.75, 3.05) is 19.4 Å². The number of hydrogen-bond donors (Lipinski definition) is 1. The van der Waals surface area contributed by atoms with Gasteiger partial charge in [0.15, 0.2) is 0 Å². The Labute approximate surface area is 135 Å². The van der Waals surface area contributed by atoms with E-state index in [1.807, 2.05) is 44.3 Å². The summed E-state index contributed by atoms with van der Waals surface area (Å²) in [6.45, 7) is 2.69. The Bertz CT molecular complexity index is 559. The van der Waals surface area contributed by atoms with Gasteiger partial charge < -0.3 is 10.1 Å². The summed E-state index contributed by atoms with van der Waals surface area (Å²) in [6, 6.07) is 16.5. The molecule has 1 N–H and O–H groups in total. The molecule has 0 saturated heterocycles. The first kappa shape index (κ1) is 16.2. The predicted molar refractivity (Wildman–Crippen MR) is 91.6 cm³/mol. The fourth-order valence-electron chi connectivity index (χ4n) is 2.05. The zero-order chi connectivity index (χ0) is 15.1. The number of nitrogens with one attached hydrogen (secondary N) is 1. The van der Waals surface area contributed by atoms with Crippen molar-refractivity contribution >= 4 is 23.4 Å². The molecule has 1 atom stereocenters. The summed E-state index contributed by atoms with van der Waals surface area (Å²) in [5, 5.41) is 4.14. The van der Waals surface area contributed by atoms with Crippen LogP contribution in [0.25, 0.3) is 0 Å². The topological polar surface area (TPSA) is 21.3 Å². The lowest BCUT2D eigenvalue weighted by molar-refractivity contribution is 0.340. The quantitative estimate of drug-likeness (QED) is 0.741. The zero-order valence-electron chi connectivity index (χ0n) is 12.3. The molecule has 0 aromatic heterocycles. The first-order valence-electron chi connectivity index (χ1n) is 7.01. The third kappa shape index (κ3) is 4.95. The molecule has 2 aromatic carbocycles. The molecule has 0 aliphatic rings. The van der Waals surface area contributed by atoms with Crippen molar-refractivity contribution in [3.05, 3.63) is 59.1 Å². The number of rotatable bonds is 7. The molecule has 0 amide bonds. The van der Waals surface area contributed by atoms with E-state index in [0.29, 0.717) is 12.6 Å². The van der Waals surface area contributed by atoms with Crippen molar-refractivity contribution < 1.29 is 4.74 Å². The van der Waals surface area contributed by atoms with Crippen LogP contribution in [0, 0.1) is 0 Å². The SMILES string of the molecule is CCOc1ccc(C(CSc2cccc(Cl)c2)NC)cc1. The highest BCUT2D eigenvalue weighted by molar-refractivity contribution is 7.99. The Kier molecular flexibility index (Phi) is 6.43. The van der Waals surface area contributed by atoms with Gasteiger partial charge in [0.2, 0.25) is 0 Å². The Morgan fingerprint density at radius 1 is 1.19 bits per heavy atom. The van der Waals surface area contributed by atoms with Crippen LogP contribution in [0.4, 0.5) is 0 Å². The van der Waals surface area contributed by atoms with Gasteiger partial charge in [-0.1, -0.05) is 29.8 Å². The summed E-state index contributed by atoms with van der Waals surface area (Å²) in [4.78, 5) is 1.19. The predicted octanol–water partition coefficient (Wildman–Crippen LogP) is 4.79. The highest BCUT2D eigenvalue weighted by atomic mass is 35.5. The molecule has 0 spiro atoms. The molecule has 0 aliphatic carbocycles. The lowest BCUT2D eigenvalue weighted by atomic mass is 10.1. The van der Waals surface area contributed by atoms with Gasteiger partial charge in [0.1, 0.15) is 5.75 Å². The molecule has 0 bridgehead atoms. The van der Waals surface area contributed by atoms with Gasteiger partial charge >= 0.3 is 0 Å². The second kappa shape index (κ2) is 8.32. The number of hydrogen-bond acceptors (Lipinski definition) is 3. The van der Waals surface area contributed by atoms with E-state index in [9.17, 15) is 0 Å². The minimum absolute atomic E-state index is 0.296. The Hall–Kier alpha value is -1.16. The van der Waals surface area contributed by atoms with Gasteiger partial charge in [0.05, 0.1) is 6.61 Å². The Balaban J connectivity index is 1.99. The van der Waals surface area contributed by atoms with Crippen molar-refractivity contribution in [3.8, 4) is 5.75 Å². The van der Waals surface area contributed by atoms with Gasteiger partial charge in [-0.05, 0) is 49.9 Å². The summed E-state index contributed by atoms with van der Waals surface area (Å²) in [6.07, 6.45) is 0. The maximum absolute atomic E-state index is 6.02. The largest absolute Gasteiger partial charge is 0.494 e. The lowest BCUT2D eigenvalue weighted by Crippen LogP contribution is -2.18. The van der Waals surface area contributed by atoms with Crippen LogP contribution in [0.5, 0.6) is 5.75 Å². The molecule has 2 aromatic rings. The second-order valence-electron chi connectivity index (χ2n) is 4.61. The summed E-state index contributed by atoms with van der Waals surface area (Å²) in [5.74, 6) is 1.86. The molecule has 2 nitrogen and oxygen atoms in total. The first-order chi connectivity index (χ1) is 10.2. The molecule has 1 unspecified atom stereocenters. The average Bonchev–Trinajstić information content (AvgIpc) is 2.50. The summed E-state index contributed by atoms with van der Waals surface area (Å²) in [5.41, 5.74) is 1.26. The van der Waals surface area contributed by atoms with Gasteiger partial charge in [-0.15, -0.1) is 11.8 Å². The van der Waals surface area contributed by atoms with E-state index in [4.69, 9.17) is 16.3 Å². The van der Waals surface area contributed by atoms with Crippen molar-refractivity contribution in [1.29, 1.82) is 0 Å². The van der Waals surface area contributed by atoms with Crippen molar-refractivity contribution in [3.63, 3.8) is 0 Å². The van der Waals surface area contributed by atoms with E-state index >= 15 is 0 Å². The number of thioether (sulfide) groups is 1. The van der Waals surface area contributed by atoms with Crippen molar-refractivity contribution in [2.45, 2.75) is 17.9 Å². The van der Waals surface area contributed by atoms with Gasteiger partial charge in [-0.3, -0.25) is 0 Å². The minimum Gasteiger partial charge on any atom is -0.494 e. The molecule has 21 heavy (non-hydrogen) atoms. The van der Waals surface area contributed by atoms with Crippen molar-refractivity contribution in [1.82, 2.24) is 5.32 Å². The molecule has 112 valence electrons. The minimum atomic E-state index is 0.296. The smallest absolute Gasteiger partial charge is 0.119 e. The highest BCUT2D eigenvalue weighted by Gasteiger charge is 2.10. The van der Waals surface area contributed by atoms with Gasteiger partial charge in [0.25, 0.3) is 0 Å². The molecule has 0 fully saturated rings. The Morgan fingerprint density at radius 3 is 2.57 bits per heavy atom. The molecular weight excluding hydrogens is 302 g/mol. The molecule has 0 radical (unpaired) electrons. The zero-order valence-corrected chi connectivity index (χ0v) is 13.9. The van der Waals surface area contributed by atoms with Crippen LogP contribution in [-0.4, -0.2) is 19.4 Å². The fraction of sp³-hybridized carbons (Fsp3) is 0.294. The van der Waals surface area contributed by atoms with Crippen molar-refractivity contribution in [2.24, 2.45) is 0 Å². The summed E-state index contributed by atoms with van der Waals surface area (Å²) >= 11 is 7.81. The standard InChI is InChI=1S/C17H20ClNOS/c1-3-20-15-9-7-13(8-10-15)17(19-2)12-21-16-6-4-5-14(18)11-16/h4-11,17,19H,3,12H2,1-2H3. The van der Waals surface area contributed by atoms with Crippen LogP contribution in [0.15, 0.2) is 53.4 Å². The molecule has 0 heterocycles. The van der Waals surface area contributed by atoms with Crippen LogP contribution in [0.2, 0.25) is 5.02 Å². The van der Waals surface area contributed by atoms with Crippen LogP contribution in [0.3, 0.4) is 0 Å².